The molecule has 0 fully saturated rings. The van der Waals surface area contributed by atoms with Gasteiger partial charge in [-0.25, -0.2) is 0 Å². The van der Waals surface area contributed by atoms with Crippen molar-refractivity contribution in [2.75, 3.05) is 7.11 Å². The smallest absolute Gasteiger partial charge is 0.154 e. The Hall–Kier alpha value is -0.340. The lowest BCUT2D eigenvalue weighted by molar-refractivity contribution is -0.0788. The molecule has 0 aliphatic rings. The maximum atomic E-state index is 8.91. The van der Waals surface area contributed by atoms with Gasteiger partial charge in [0.2, 0.25) is 0 Å². The van der Waals surface area contributed by atoms with Crippen LogP contribution in [0.3, 0.4) is 0 Å². The Kier molecular flexibility index (Phi) is 6.55. The van der Waals surface area contributed by atoms with Gasteiger partial charge < -0.3 is 9.84 Å². The maximum absolute atomic E-state index is 8.91. The minimum atomic E-state index is -0.578. The average molecular weight is 144 g/mol. The van der Waals surface area contributed by atoms with Crippen LogP contribution in [0.5, 0.6) is 0 Å². The standard InChI is InChI=1S/C8H16O2/c1-3-4-5-6-7-8(9)10-2/h3-4,8-9H,5-7H2,1-2H3. The van der Waals surface area contributed by atoms with Crippen molar-refractivity contribution in [3.8, 4) is 0 Å². The van der Waals surface area contributed by atoms with Gasteiger partial charge in [-0.1, -0.05) is 12.2 Å². The molecule has 0 aliphatic heterocycles. The van der Waals surface area contributed by atoms with E-state index in [-0.39, 0.29) is 0 Å². The zero-order chi connectivity index (χ0) is 7.82. The van der Waals surface area contributed by atoms with E-state index in [9.17, 15) is 0 Å². The van der Waals surface area contributed by atoms with Gasteiger partial charge in [-0.05, 0) is 26.2 Å². The quantitative estimate of drug-likeness (QED) is 0.361. The Morgan fingerprint density at radius 1 is 1.60 bits per heavy atom. The molecule has 0 aromatic heterocycles. The van der Waals surface area contributed by atoms with Crippen molar-refractivity contribution in [2.45, 2.75) is 32.5 Å². The fourth-order valence-corrected chi connectivity index (χ4v) is 0.695. The summed E-state index contributed by atoms with van der Waals surface area (Å²) in [4.78, 5) is 0. The van der Waals surface area contributed by atoms with Crippen molar-refractivity contribution in [1.29, 1.82) is 0 Å². The predicted molar refractivity (Wildman–Crippen MR) is 41.7 cm³/mol. The van der Waals surface area contributed by atoms with Crippen molar-refractivity contribution in [3.63, 3.8) is 0 Å². The van der Waals surface area contributed by atoms with E-state index in [0.717, 1.165) is 19.3 Å². The van der Waals surface area contributed by atoms with Crippen LogP contribution < -0.4 is 0 Å². The summed E-state index contributed by atoms with van der Waals surface area (Å²) in [6.45, 7) is 1.99. The second-order valence-corrected chi connectivity index (χ2v) is 2.19. The largest absolute Gasteiger partial charge is 0.368 e. The molecule has 1 atom stereocenters. The summed E-state index contributed by atoms with van der Waals surface area (Å²) in [7, 11) is 1.51. The summed E-state index contributed by atoms with van der Waals surface area (Å²) < 4.78 is 4.66. The summed E-state index contributed by atoms with van der Waals surface area (Å²) in [5.41, 5.74) is 0. The molecule has 0 aromatic rings. The number of hydrogen-bond donors (Lipinski definition) is 1. The fourth-order valence-electron chi connectivity index (χ4n) is 0.695. The minimum absolute atomic E-state index is 0.578. The van der Waals surface area contributed by atoms with E-state index in [2.05, 4.69) is 10.8 Å². The summed E-state index contributed by atoms with van der Waals surface area (Å²) in [5.74, 6) is 0. The Balaban J connectivity index is 3.03. The van der Waals surface area contributed by atoms with E-state index >= 15 is 0 Å². The highest BCUT2D eigenvalue weighted by Crippen LogP contribution is 2.01. The van der Waals surface area contributed by atoms with Crippen LogP contribution in [0, 0.1) is 0 Å². The van der Waals surface area contributed by atoms with E-state index in [4.69, 9.17) is 5.11 Å². The molecule has 1 unspecified atom stereocenters. The normalized spacial score (nSPS) is 14.3. The zero-order valence-corrected chi connectivity index (χ0v) is 6.71. The zero-order valence-electron chi connectivity index (χ0n) is 6.71. The lowest BCUT2D eigenvalue weighted by atomic mass is 10.2. The second kappa shape index (κ2) is 6.78. The van der Waals surface area contributed by atoms with Crippen LogP contribution in [0.2, 0.25) is 0 Å². The van der Waals surface area contributed by atoms with E-state index in [1.165, 1.54) is 7.11 Å². The monoisotopic (exact) mass is 144 g/mol. The number of unbranched alkanes of at least 4 members (excludes halogenated alkanes) is 1. The molecule has 2 heteroatoms. The van der Waals surface area contributed by atoms with E-state index in [1.54, 1.807) is 0 Å². The minimum Gasteiger partial charge on any atom is -0.368 e. The lowest BCUT2D eigenvalue weighted by Gasteiger charge is -2.05. The Morgan fingerprint density at radius 2 is 2.30 bits per heavy atom. The van der Waals surface area contributed by atoms with Crippen molar-refractivity contribution >= 4 is 0 Å². The number of methoxy groups -OCH3 is 1. The average Bonchev–Trinajstić information content (AvgIpc) is 1.98. The molecule has 0 heterocycles. The molecule has 0 aromatic carbocycles. The molecule has 0 saturated heterocycles. The number of aliphatic hydroxyl groups excluding tert-OH is 1. The molecule has 2 nitrogen and oxygen atoms in total. The van der Waals surface area contributed by atoms with Gasteiger partial charge in [-0.3, -0.25) is 0 Å². The number of allylic oxidation sites excluding steroid dienone is 2. The van der Waals surface area contributed by atoms with Crippen molar-refractivity contribution in [2.24, 2.45) is 0 Å². The Morgan fingerprint density at radius 3 is 2.80 bits per heavy atom. The maximum Gasteiger partial charge on any atom is 0.154 e. The third-order valence-electron chi connectivity index (χ3n) is 1.33. The molecule has 0 saturated carbocycles. The second-order valence-electron chi connectivity index (χ2n) is 2.19. The first-order valence-corrected chi connectivity index (χ1v) is 3.63. The summed E-state index contributed by atoms with van der Waals surface area (Å²) in [5, 5.41) is 8.91. The topological polar surface area (TPSA) is 29.5 Å². The molecule has 0 bridgehead atoms. The van der Waals surface area contributed by atoms with Gasteiger partial charge in [0.25, 0.3) is 0 Å². The van der Waals surface area contributed by atoms with Crippen LogP contribution in [-0.2, 0) is 4.74 Å². The molecular weight excluding hydrogens is 128 g/mol. The SMILES string of the molecule is CC=CCCCC(O)OC. The van der Waals surface area contributed by atoms with Gasteiger partial charge in [-0.2, -0.15) is 0 Å². The molecule has 0 aliphatic carbocycles. The van der Waals surface area contributed by atoms with Gasteiger partial charge in [0, 0.05) is 7.11 Å². The first-order chi connectivity index (χ1) is 4.81. The van der Waals surface area contributed by atoms with Crippen molar-refractivity contribution < 1.29 is 9.84 Å². The first kappa shape index (κ1) is 9.66. The van der Waals surface area contributed by atoms with Gasteiger partial charge in [0.1, 0.15) is 0 Å². The van der Waals surface area contributed by atoms with Gasteiger partial charge >= 0.3 is 0 Å². The number of rotatable bonds is 5. The van der Waals surface area contributed by atoms with Crippen LogP contribution in [-0.4, -0.2) is 18.5 Å². The highest BCUT2D eigenvalue weighted by atomic mass is 16.6. The number of ether oxygens (including phenoxy) is 1. The van der Waals surface area contributed by atoms with Crippen molar-refractivity contribution in [3.05, 3.63) is 12.2 Å². The van der Waals surface area contributed by atoms with Gasteiger partial charge in [-0.15, -0.1) is 0 Å². The molecule has 0 amide bonds. The fraction of sp³-hybridized carbons (Fsp3) is 0.750. The summed E-state index contributed by atoms with van der Waals surface area (Å²) in [6.07, 6.45) is 6.25. The Labute approximate surface area is 62.5 Å². The van der Waals surface area contributed by atoms with E-state index < -0.39 is 6.29 Å². The predicted octanol–water partition coefficient (Wildman–Crippen LogP) is 1.70. The van der Waals surface area contributed by atoms with Crippen LogP contribution in [0.4, 0.5) is 0 Å². The molecular formula is C8H16O2. The molecule has 0 spiro atoms. The molecule has 0 rings (SSSR count). The van der Waals surface area contributed by atoms with Crippen LogP contribution in [0.15, 0.2) is 12.2 Å². The third-order valence-corrected chi connectivity index (χ3v) is 1.33. The van der Waals surface area contributed by atoms with Crippen molar-refractivity contribution in [1.82, 2.24) is 0 Å². The van der Waals surface area contributed by atoms with E-state index in [0.29, 0.717) is 0 Å². The number of aliphatic hydroxyl groups is 1. The van der Waals surface area contributed by atoms with Gasteiger partial charge in [0.15, 0.2) is 6.29 Å². The summed E-state index contributed by atoms with van der Waals surface area (Å²) >= 11 is 0. The third kappa shape index (κ3) is 5.79. The van der Waals surface area contributed by atoms with Crippen LogP contribution in [0.25, 0.3) is 0 Å². The first-order valence-electron chi connectivity index (χ1n) is 3.63. The molecule has 10 heavy (non-hydrogen) atoms. The summed E-state index contributed by atoms with van der Waals surface area (Å²) in [6, 6.07) is 0. The number of hydrogen-bond acceptors (Lipinski definition) is 2. The highest BCUT2D eigenvalue weighted by molar-refractivity contribution is 4.76. The Bertz CT molecular complexity index is 89.3. The van der Waals surface area contributed by atoms with Gasteiger partial charge in [0.05, 0.1) is 0 Å². The molecule has 1 N–H and O–H groups in total. The molecule has 0 radical (unpaired) electrons. The van der Waals surface area contributed by atoms with Crippen LogP contribution >= 0.6 is 0 Å². The molecule has 60 valence electrons. The van der Waals surface area contributed by atoms with E-state index in [1.807, 2.05) is 13.0 Å². The lowest BCUT2D eigenvalue weighted by Crippen LogP contribution is -2.07. The van der Waals surface area contributed by atoms with Crippen LogP contribution in [0.1, 0.15) is 26.2 Å². The highest BCUT2D eigenvalue weighted by Gasteiger charge is 1.97.